The minimum atomic E-state index is -5.08. The number of carboxylic acids is 3. The first-order chi connectivity index (χ1) is 20.6. The van der Waals surface area contributed by atoms with Crippen molar-refractivity contribution in [2.45, 2.75) is 43.5 Å². The Morgan fingerprint density at radius 1 is 0.822 bits per heavy atom. The summed E-state index contributed by atoms with van der Waals surface area (Å²) in [6.45, 7) is 4.65. The largest absolute Gasteiger partial charge is 0.490 e. The third-order valence-corrected chi connectivity index (χ3v) is 5.61. The fourth-order valence-electron chi connectivity index (χ4n) is 3.55. The first kappa shape index (κ1) is 38.8. The summed E-state index contributed by atoms with van der Waals surface area (Å²) in [4.78, 5) is 41.9. The molecule has 2 aliphatic rings. The van der Waals surface area contributed by atoms with Gasteiger partial charge in [-0.05, 0) is 37.0 Å². The van der Waals surface area contributed by atoms with E-state index in [-0.39, 0.29) is 5.60 Å². The predicted molar refractivity (Wildman–Crippen MR) is 133 cm³/mol. The van der Waals surface area contributed by atoms with Crippen LogP contribution < -0.4 is 5.32 Å². The quantitative estimate of drug-likeness (QED) is 0.340. The van der Waals surface area contributed by atoms with Crippen molar-refractivity contribution in [2.75, 3.05) is 31.6 Å². The average molecular weight is 667 g/mol. The number of carboxylic acid groups (broad SMARTS) is 3. The van der Waals surface area contributed by atoms with Crippen LogP contribution in [0.3, 0.4) is 0 Å². The minimum absolute atomic E-state index is 0.0779. The number of likely N-dealkylation sites (tertiary alicyclic amines) is 1. The molecule has 0 saturated carbocycles. The van der Waals surface area contributed by atoms with Crippen molar-refractivity contribution in [3.63, 3.8) is 0 Å². The van der Waals surface area contributed by atoms with Crippen molar-refractivity contribution >= 4 is 23.9 Å². The normalized spacial score (nSPS) is 17.5. The second-order valence-electron chi connectivity index (χ2n) is 9.23. The van der Waals surface area contributed by atoms with E-state index < -0.39 is 36.4 Å². The van der Waals surface area contributed by atoms with E-state index in [0.717, 1.165) is 44.9 Å². The molecule has 0 bridgehead atoms. The van der Waals surface area contributed by atoms with Crippen LogP contribution >= 0.6 is 0 Å². The number of alkyl halides is 9. The predicted octanol–water partition coefficient (Wildman–Crippen LogP) is 3.86. The van der Waals surface area contributed by atoms with E-state index in [1.165, 1.54) is 6.42 Å². The molecule has 2 aliphatic heterocycles. The summed E-state index contributed by atoms with van der Waals surface area (Å²) in [5.41, 5.74) is 1.21. The molecule has 0 aromatic carbocycles. The van der Waals surface area contributed by atoms with Gasteiger partial charge in [0.25, 0.3) is 0 Å². The fraction of sp³-hybridized carbons (Fsp3) is 0.500. The lowest BCUT2D eigenvalue weighted by Crippen LogP contribution is -2.64. The summed E-state index contributed by atoms with van der Waals surface area (Å²) < 4.78 is 101. The molecule has 21 heteroatoms. The summed E-state index contributed by atoms with van der Waals surface area (Å²) in [6, 6.07) is 7.91. The van der Waals surface area contributed by atoms with E-state index in [0.29, 0.717) is 11.9 Å². The monoisotopic (exact) mass is 667 g/mol. The van der Waals surface area contributed by atoms with Gasteiger partial charge in [0.15, 0.2) is 0 Å². The standard InChI is InChI=1S/C18H23N5O.3C2HF3O2/c1-2-7-19-16(4-1)11-23-13-18(14-23)6-5-15(12-24-18)10-22-17-20-8-3-9-21-17;3*3-2(4,5)1(6)7/h1-4,7-9,15H,5-6,10-14H2,(H,20,21,22);3*(H,6,7). The number of nitrogens with zero attached hydrogens (tertiary/aromatic N) is 4. The topological polar surface area (TPSA) is 175 Å². The van der Waals surface area contributed by atoms with E-state index in [1.807, 2.05) is 24.4 Å². The van der Waals surface area contributed by atoms with Gasteiger partial charge >= 0.3 is 36.4 Å². The Morgan fingerprint density at radius 2 is 1.29 bits per heavy atom. The lowest BCUT2D eigenvalue weighted by molar-refractivity contribution is -0.193. The third kappa shape index (κ3) is 15.3. The van der Waals surface area contributed by atoms with Crippen LogP contribution in [-0.4, -0.2) is 103 Å². The number of aromatic nitrogens is 3. The molecule has 252 valence electrons. The Balaban J connectivity index is 0.000000396. The minimum Gasteiger partial charge on any atom is -0.475 e. The zero-order valence-corrected chi connectivity index (χ0v) is 22.7. The number of rotatable bonds is 5. The molecule has 4 heterocycles. The molecule has 0 amide bonds. The van der Waals surface area contributed by atoms with Gasteiger partial charge in [0, 0.05) is 44.8 Å². The molecule has 1 unspecified atom stereocenters. The van der Waals surface area contributed by atoms with Crippen LogP contribution in [0.1, 0.15) is 18.5 Å². The van der Waals surface area contributed by atoms with E-state index in [1.54, 1.807) is 12.4 Å². The van der Waals surface area contributed by atoms with Gasteiger partial charge in [-0.3, -0.25) is 9.88 Å². The van der Waals surface area contributed by atoms with Crippen molar-refractivity contribution in [1.82, 2.24) is 19.9 Å². The highest BCUT2D eigenvalue weighted by Gasteiger charge is 2.46. The summed E-state index contributed by atoms with van der Waals surface area (Å²) in [5.74, 6) is -7.04. The van der Waals surface area contributed by atoms with Crippen molar-refractivity contribution in [3.8, 4) is 0 Å². The van der Waals surface area contributed by atoms with Crippen LogP contribution in [0.25, 0.3) is 0 Å². The number of ether oxygens (including phenoxy) is 1. The lowest BCUT2D eigenvalue weighted by atomic mass is 9.83. The molecule has 45 heavy (non-hydrogen) atoms. The zero-order chi connectivity index (χ0) is 34.5. The highest BCUT2D eigenvalue weighted by atomic mass is 19.4. The van der Waals surface area contributed by atoms with E-state index in [2.05, 4.69) is 31.2 Å². The van der Waals surface area contributed by atoms with Gasteiger partial charge in [-0.1, -0.05) is 6.07 Å². The zero-order valence-electron chi connectivity index (χ0n) is 22.7. The average Bonchev–Trinajstić information content (AvgIpc) is 2.92. The van der Waals surface area contributed by atoms with Crippen LogP contribution in [0.4, 0.5) is 45.5 Å². The van der Waals surface area contributed by atoms with Gasteiger partial charge < -0.3 is 25.4 Å². The van der Waals surface area contributed by atoms with Crippen LogP contribution in [0.5, 0.6) is 0 Å². The smallest absolute Gasteiger partial charge is 0.475 e. The number of aliphatic carboxylic acids is 3. The Hall–Kier alpha value is -4.27. The molecule has 1 spiro atoms. The van der Waals surface area contributed by atoms with Crippen molar-refractivity contribution in [2.24, 2.45) is 5.92 Å². The second kappa shape index (κ2) is 16.7. The third-order valence-electron chi connectivity index (χ3n) is 5.61. The molecule has 2 aromatic rings. The molecule has 4 rings (SSSR count). The van der Waals surface area contributed by atoms with Gasteiger partial charge in [0.1, 0.15) is 0 Å². The molecule has 4 N–H and O–H groups in total. The first-order valence-electron chi connectivity index (χ1n) is 12.3. The first-order valence-corrected chi connectivity index (χ1v) is 12.3. The Bertz CT molecular complexity index is 1140. The lowest BCUT2D eigenvalue weighted by Gasteiger charge is -2.52. The number of nitrogens with one attached hydrogen (secondary N) is 1. The van der Waals surface area contributed by atoms with Crippen LogP contribution in [0.15, 0.2) is 42.9 Å². The molecule has 2 saturated heterocycles. The van der Waals surface area contributed by atoms with Crippen molar-refractivity contribution in [1.29, 1.82) is 0 Å². The van der Waals surface area contributed by atoms with E-state index in [9.17, 15) is 39.5 Å². The van der Waals surface area contributed by atoms with E-state index in [4.69, 9.17) is 34.4 Å². The Labute approximate surface area is 247 Å². The fourth-order valence-corrected chi connectivity index (χ4v) is 3.55. The number of carbonyl (C=O) groups is 3. The molecule has 2 aromatic heterocycles. The van der Waals surface area contributed by atoms with Crippen molar-refractivity contribution < 1.29 is 74.0 Å². The number of hydrogen-bond donors (Lipinski definition) is 4. The van der Waals surface area contributed by atoms with Gasteiger partial charge in [-0.2, -0.15) is 39.5 Å². The SMILES string of the molecule is O=C(O)C(F)(F)F.O=C(O)C(F)(F)F.O=C(O)C(F)(F)F.c1ccc(CN2CC3(CCC(CNc4ncccn4)CO3)C2)nc1. The summed E-state index contributed by atoms with van der Waals surface area (Å²) in [5, 5.41) is 24.7. The highest BCUT2D eigenvalue weighted by molar-refractivity contribution is 5.73. The molecular formula is C24H26F9N5O7. The van der Waals surface area contributed by atoms with E-state index >= 15 is 0 Å². The molecule has 1 atom stereocenters. The van der Waals surface area contributed by atoms with Gasteiger partial charge in [0.05, 0.1) is 17.9 Å². The number of pyridine rings is 1. The number of halogens is 9. The van der Waals surface area contributed by atoms with Gasteiger partial charge in [-0.25, -0.2) is 24.4 Å². The summed E-state index contributed by atoms with van der Waals surface area (Å²) in [6.07, 6.45) is -7.56. The molecular weight excluding hydrogens is 641 g/mol. The Kier molecular flexibility index (Phi) is 14.4. The molecule has 0 aliphatic carbocycles. The van der Waals surface area contributed by atoms with Gasteiger partial charge in [-0.15, -0.1) is 0 Å². The van der Waals surface area contributed by atoms with Gasteiger partial charge in [0.2, 0.25) is 5.95 Å². The highest BCUT2D eigenvalue weighted by Crippen LogP contribution is 2.36. The number of hydrogen-bond acceptors (Lipinski definition) is 9. The summed E-state index contributed by atoms with van der Waals surface area (Å²) >= 11 is 0. The number of anilines is 1. The van der Waals surface area contributed by atoms with Crippen LogP contribution in [-0.2, 0) is 25.7 Å². The van der Waals surface area contributed by atoms with Crippen molar-refractivity contribution in [3.05, 3.63) is 48.5 Å². The molecule has 2 fully saturated rings. The van der Waals surface area contributed by atoms with Crippen LogP contribution in [0.2, 0.25) is 0 Å². The maximum absolute atomic E-state index is 10.6. The van der Waals surface area contributed by atoms with Crippen LogP contribution in [0, 0.1) is 5.92 Å². The maximum atomic E-state index is 10.6. The maximum Gasteiger partial charge on any atom is 0.490 e. The molecule has 12 nitrogen and oxygen atoms in total. The Morgan fingerprint density at radius 3 is 1.67 bits per heavy atom. The second-order valence-corrected chi connectivity index (χ2v) is 9.23. The summed E-state index contributed by atoms with van der Waals surface area (Å²) in [7, 11) is 0. The molecule has 0 radical (unpaired) electrons.